The number of piperazine rings is 1. The normalized spacial score (nSPS) is 21.5. The average molecular weight is 435 g/mol. The van der Waals surface area contributed by atoms with Crippen LogP contribution in [-0.4, -0.2) is 49.7 Å². The Morgan fingerprint density at radius 1 is 1.14 bits per heavy atom. The number of anilines is 1. The van der Waals surface area contributed by atoms with E-state index < -0.39 is 21.8 Å². The molecule has 0 amide bonds. The molecule has 0 radical (unpaired) electrons. The van der Waals surface area contributed by atoms with Gasteiger partial charge in [0.1, 0.15) is 4.21 Å². The molecule has 28 heavy (non-hydrogen) atoms. The van der Waals surface area contributed by atoms with Crippen molar-refractivity contribution in [3.8, 4) is 0 Å². The molecule has 5 nitrogen and oxygen atoms in total. The fourth-order valence-electron chi connectivity index (χ4n) is 3.20. The number of hydrogen-bond donors (Lipinski definition) is 1. The molecule has 1 aliphatic heterocycles. The van der Waals surface area contributed by atoms with E-state index in [1.807, 2.05) is 11.8 Å². The van der Waals surface area contributed by atoms with Crippen LogP contribution in [0.5, 0.6) is 0 Å². The van der Waals surface area contributed by atoms with Crippen molar-refractivity contribution in [1.29, 1.82) is 0 Å². The van der Waals surface area contributed by atoms with Gasteiger partial charge in [-0.3, -0.25) is 0 Å². The number of rotatable bonds is 4. The number of halogens is 3. The lowest BCUT2D eigenvalue weighted by atomic mass is 9.95. The number of hydrogen-bond acceptors (Lipinski definition) is 5. The lowest BCUT2D eigenvalue weighted by molar-refractivity contribution is -0.258. The molecule has 1 N–H and O–H groups in total. The van der Waals surface area contributed by atoms with Crippen LogP contribution >= 0.6 is 11.3 Å². The maximum atomic E-state index is 13.0. The zero-order valence-corrected chi connectivity index (χ0v) is 17.0. The predicted octanol–water partition coefficient (Wildman–Crippen LogP) is 3.42. The number of nitrogens with zero attached hydrogens (tertiary/aromatic N) is 2. The zero-order chi connectivity index (χ0) is 20.7. The highest BCUT2D eigenvalue weighted by molar-refractivity contribution is 7.91. The van der Waals surface area contributed by atoms with E-state index in [0.717, 1.165) is 6.92 Å². The maximum Gasteiger partial charge on any atom is 0.421 e. The Morgan fingerprint density at radius 2 is 1.79 bits per heavy atom. The van der Waals surface area contributed by atoms with Gasteiger partial charge < -0.3 is 10.0 Å². The van der Waals surface area contributed by atoms with Gasteiger partial charge in [0.05, 0.1) is 0 Å². The van der Waals surface area contributed by atoms with Gasteiger partial charge in [0.25, 0.3) is 10.0 Å². The first-order valence-electron chi connectivity index (χ1n) is 8.64. The quantitative estimate of drug-likeness (QED) is 0.801. The molecule has 2 atom stereocenters. The molecule has 10 heteroatoms. The van der Waals surface area contributed by atoms with Crippen molar-refractivity contribution in [2.24, 2.45) is 0 Å². The molecule has 3 rings (SSSR count). The Hall–Kier alpha value is -1.62. The van der Waals surface area contributed by atoms with Crippen LogP contribution in [0.25, 0.3) is 0 Å². The van der Waals surface area contributed by atoms with E-state index in [4.69, 9.17) is 0 Å². The monoisotopic (exact) mass is 434 g/mol. The second-order valence-electron chi connectivity index (χ2n) is 6.95. The van der Waals surface area contributed by atoms with E-state index in [0.29, 0.717) is 16.4 Å². The molecule has 154 valence electrons. The minimum Gasteiger partial charge on any atom is -0.376 e. The van der Waals surface area contributed by atoms with Gasteiger partial charge in [0.15, 0.2) is 5.60 Å². The van der Waals surface area contributed by atoms with Crippen LogP contribution in [0.15, 0.2) is 46.0 Å². The van der Waals surface area contributed by atoms with E-state index in [1.54, 1.807) is 17.5 Å². The molecule has 1 aromatic carbocycles. The fourth-order valence-corrected chi connectivity index (χ4v) is 5.86. The van der Waals surface area contributed by atoms with Gasteiger partial charge in [-0.15, -0.1) is 11.3 Å². The van der Waals surface area contributed by atoms with Crippen molar-refractivity contribution < 1.29 is 26.7 Å². The minimum absolute atomic E-state index is 0.155. The summed E-state index contributed by atoms with van der Waals surface area (Å²) in [5, 5.41) is 11.5. The molecule has 0 spiro atoms. The second kappa shape index (κ2) is 7.33. The van der Waals surface area contributed by atoms with Gasteiger partial charge in [0.2, 0.25) is 0 Å². The van der Waals surface area contributed by atoms with Crippen molar-refractivity contribution >= 4 is 27.0 Å². The Labute approximate surface area is 166 Å². The van der Waals surface area contributed by atoms with Gasteiger partial charge in [-0.25, -0.2) is 8.42 Å². The fraction of sp³-hybridized carbons (Fsp3) is 0.444. The number of benzene rings is 1. The molecule has 1 unspecified atom stereocenters. The Bertz CT molecular complexity index is 911. The van der Waals surface area contributed by atoms with E-state index >= 15 is 0 Å². The van der Waals surface area contributed by atoms with Crippen LogP contribution in [0.4, 0.5) is 18.9 Å². The van der Waals surface area contributed by atoms with Crippen LogP contribution < -0.4 is 4.90 Å². The third-order valence-electron chi connectivity index (χ3n) is 4.99. The Morgan fingerprint density at radius 3 is 2.29 bits per heavy atom. The summed E-state index contributed by atoms with van der Waals surface area (Å²) in [7, 11) is -3.53. The van der Waals surface area contributed by atoms with Crippen molar-refractivity contribution in [1.82, 2.24) is 4.31 Å². The van der Waals surface area contributed by atoms with E-state index in [9.17, 15) is 26.7 Å². The van der Waals surface area contributed by atoms with Crippen LogP contribution in [0.1, 0.15) is 19.4 Å². The molecule has 1 aliphatic rings. The number of sulfonamides is 1. The first-order valence-corrected chi connectivity index (χ1v) is 11.0. The van der Waals surface area contributed by atoms with Gasteiger partial charge in [-0.2, -0.15) is 17.5 Å². The van der Waals surface area contributed by atoms with Crippen molar-refractivity contribution in [2.75, 3.05) is 24.5 Å². The summed E-state index contributed by atoms with van der Waals surface area (Å²) in [6.45, 7) is 3.57. The standard InChI is InChI=1S/C18H21F3N2O3S2/c1-13-12-22(28(25,26)16-4-3-11-27-16)9-10-23(13)15-7-5-14(6-8-15)17(2,24)18(19,20)21/h3-8,11,13,24H,9-10,12H2,1-2H3/t13-,17?/m0/s1. The van der Waals surface area contributed by atoms with E-state index in [-0.39, 0.29) is 24.7 Å². The Kier molecular flexibility index (Phi) is 5.52. The molecular weight excluding hydrogens is 413 g/mol. The number of alkyl halides is 3. The average Bonchev–Trinajstić information content (AvgIpc) is 3.16. The maximum absolute atomic E-state index is 13.0. The van der Waals surface area contributed by atoms with Crippen molar-refractivity contribution in [2.45, 2.75) is 35.9 Å². The van der Waals surface area contributed by atoms with E-state index in [1.165, 1.54) is 39.9 Å². The molecule has 0 bridgehead atoms. The highest BCUT2D eigenvalue weighted by Gasteiger charge is 2.51. The summed E-state index contributed by atoms with van der Waals surface area (Å²) in [6.07, 6.45) is -4.77. The SMILES string of the molecule is C[C@H]1CN(S(=O)(=O)c2cccs2)CCN1c1ccc(C(C)(O)C(F)(F)F)cc1. The smallest absolute Gasteiger partial charge is 0.376 e. The van der Waals surface area contributed by atoms with Crippen LogP contribution in [-0.2, 0) is 15.6 Å². The second-order valence-corrected chi connectivity index (χ2v) is 10.1. The zero-order valence-electron chi connectivity index (χ0n) is 15.3. The topological polar surface area (TPSA) is 60.9 Å². The van der Waals surface area contributed by atoms with Crippen LogP contribution in [0.2, 0.25) is 0 Å². The summed E-state index contributed by atoms with van der Waals surface area (Å²) >= 11 is 1.17. The first-order chi connectivity index (χ1) is 12.9. The molecule has 1 aromatic heterocycles. The lowest BCUT2D eigenvalue weighted by Crippen LogP contribution is -2.53. The third kappa shape index (κ3) is 3.78. The predicted molar refractivity (Wildman–Crippen MR) is 102 cm³/mol. The van der Waals surface area contributed by atoms with Crippen LogP contribution in [0.3, 0.4) is 0 Å². The van der Waals surface area contributed by atoms with Gasteiger partial charge in [0, 0.05) is 31.4 Å². The van der Waals surface area contributed by atoms with Crippen molar-refractivity contribution in [3.63, 3.8) is 0 Å². The van der Waals surface area contributed by atoms with E-state index in [2.05, 4.69) is 0 Å². The van der Waals surface area contributed by atoms with Gasteiger partial charge in [-0.1, -0.05) is 18.2 Å². The largest absolute Gasteiger partial charge is 0.421 e. The first kappa shape index (κ1) is 21.1. The highest BCUT2D eigenvalue weighted by atomic mass is 32.2. The summed E-state index contributed by atoms with van der Waals surface area (Å²) in [4.78, 5) is 1.95. The summed E-state index contributed by atoms with van der Waals surface area (Å²) < 4.78 is 66.0. The molecule has 1 fully saturated rings. The van der Waals surface area contributed by atoms with Crippen molar-refractivity contribution in [3.05, 3.63) is 47.3 Å². The minimum atomic E-state index is -4.77. The van der Waals surface area contributed by atoms with Gasteiger partial charge >= 0.3 is 6.18 Å². The number of aliphatic hydroxyl groups is 1. The molecule has 2 heterocycles. The third-order valence-corrected chi connectivity index (χ3v) is 8.23. The molecule has 1 saturated heterocycles. The molecule has 2 aromatic rings. The summed E-state index contributed by atoms with van der Waals surface area (Å²) in [6, 6.07) is 8.66. The lowest BCUT2D eigenvalue weighted by Gasteiger charge is -2.40. The molecule has 0 saturated carbocycles. The highest BCUT2D eigenvalue weighted by Crippen LogP contribution is 2.39. The van der Waals surface area contributed by atoms with Gasteiger partial charge in [-0.05, 0) is 43.0 Å². The summed E-state index contributed by atoms with van der Waals surface area (Å²) in [5.41, 5.74) is -2.48. The number of thiophene rings is 1. The molecular formula is C18H21F3N2O3S2. The summed E-state index contributed by atoms with van der Waals surface area (Å²) in [5.74, 6) is 0. The molecule has 0 aliphatic carbocycles. The Balaban J connectivity index is 1.75. The van der Waals surface area contributed by atoms with Crippen LogP contribution in [0, 0.1) is 0 Å².